The Morgan fingerprint density at radius 1 is 1.11 bits per heavy atom. The van der Waals surface area contributed by atoms with Gasteiger partial charge in [-0.1, -0.05) is 24.4 Å². The average Bonchev–Trinajstić information content (AvgIpc) is 3.12. The maximum Gasteiger partial charge on any atom is 0.256 e. The molecular weight excluding hydrogens is 516 g/mol. The van der Waals surface area contributed by atoms with Crippen LogP contribution in [0.2, 0.25) is 5.02 Å². The number of carbonyl (C=O) groups is 1. The number of fused-ring (bicyclic) bond motifs is 1. The van der Waals surface area contributed by atoms with Crippen LogP contribution in [-0.4, -0.2) is 72.9 Å². The number of hydrogen-bond acceptors (Lipinski definition) is 7. The van der Waals surface area contributed by atoms with Crippen molar-refractivity contribution in [1.29, 1.82) is 0 Å². The molecule has 4 heterocycles. The second-order valence-corrected chi connectivity index (χ2v) is 11.8. The number of carbonyl (C=O) groups excluding carboxylic acids is 1. The summed E-state index contributed by atoms with van der Waals surface area (Å²) in [4.78, 5) is 22.7. The summed E-state index contributed by atoms with van der Waals surface area (Å²) in [7, 11) is -3.59. The molecule has 0 spiro atoms. The summed E-state index contributed by atoms with van der Waals surface area (Å²) in [6.45, 7) is 5.36. The lowest BCUT2D eigenvalue weighted by molar-refractivity contribution is 0.0678. The highest BCUT2D eigenvalue weighted by molar-refractivity contribution is 7.92. The van der Waals surface area contributed by atoms with Crippen molar-refractivity contribution in [3.05, 3.63) is 52.3 Å². The van der Waals surface area contributed by atoms with Gasteiger partial charge in [-0.15, -0.1) is 0 Å². The number of anilines is 2. The molecule has 2 saturated heterocycles. The maximum atomic E-state index is 13.9. The highest BCUT2D eigenvalue weighted by Gasteiger charge is 2.32. The molecule has 1 aromatic carbocycles. The van der Waals surface area contributed by atoms with E-state index in [4.69, 9.17) is 26.4 Å². The Bertz CT molecular complexity index is 1420. The average molecular weight is 547 g/mol. The van der Waals surface area contributed by atoms with Crippen LogP contribution in [0.4, 0.5) is 11.5 Å². The van der Waals surface area contributed by atoms with Crippen LogP contribution in [0, 0.1) is 6.92 Å². The molecule has 2 fully saturated rings. The number of amides is 1. The molecule has 2 aliphatic rings. The Morgan fingerprint density at radius 3 is 2.65 bits per heavy atom. The fourth-order valence-electron chi connectivity index (χ4n) is 5.07. The normalized spacial score (nSPS) is 19.2. The van der Waals surface area contributed by atoms with E-state index in [0.717, 1.165) is 67.9 Å². The van der Waals surface area contributed by atoms with E-state index in [1.165, 1.54) is 12.1 Å². The van der Waals surface area contributed by atoms with Crippen molar-refractivity contribution in [2.75, 3.05) is 48.7 Å². The number of likely N-dealkylation sites (tertiary alicyclic amines) is 1. The number of rotatable bonds is 5. The number of morpholine rings is 1. The third kappa shape index (κ3) is 5.68. The zero-order valence-electron chi connectivity index (χ0n) is 21.0. The van der Waals surface area contributed by atoms with Gasteiger partial charge in [0.15, 0.2) is 5.65 Å². The third-order valence-electron chi connectivity index (χ3n) is 6.75. The Kier molecular flexibility index (Phi) is 7.28. The monoisotopic (exact) mass is 546 g/mol. The molecule has 1 atom stereocenters. The smallest absolute Gasteiger partial charge is 0.256 e. The van der Waals surface area contributed by atoms with Crippen LogP contribution >= 0.6 is 11.6 Å². The summed E-state index contributed by atoms with van der Waals surface area (Å²) in [5.41, 5.74) is 2.82. The number of sulfonamides is 1. The summed E-state index contributed by atoms with van der Waals surface area (Å²) in [5.74, 6) is 0.674. The lowest BCUT2D eigenvalue weighted by Gasteiger charge is -2.30. The minimum absolute atomic E-state index is 0.210. The summed E-state index contributed by atoms with van der Waals surface area (Å²) in [6.07, 6.45) is 4.60. The van der Waals surface area contributed by atoms with E-state index in [2.05, 4.69) is 9.62 Å². The maximum absolute atomic E-state index is 13.9. The summed E-state index contributed by atoms with van der Waals surface area (Å²) in [5, 5.41) is 5.32. The van der Waals surface area contributed by atoms with Crippen molar-refractivity contribution in [1.82, 2.24) is 19.5 Å². The van der Waals surface area contributed by atoms with E-state index in [9.17, 15) is 13.2 Å². The van der Waals surface area contributed by atoms with Crippen LogP contribution in [0.25, 0.3) is 5.65 Å². The standard InChI is InChI=1S/C25H31ClN6O4S/c1-17-14-24(30-10-12-36-13-11-30)32-23(27-17)16-21(28-32)22-6-4-3-5-9-31(22)25(33)19-15-18(26)7-8-20(19)29-37(2,34)35/h7-8,14-16,22,29H,3-6,9-13H2,1-2H3. The number of nitrogens with one attached hydrogen (secondary N) is 1. The first-order valence-electron chi connectivity index (χ1n) is 12.5. The lowest BCUT2D eigenvalue weighted by atomic mass is 10.0. The van der Waals surface area contributed by atoms with Crippen LogP contribution in [0.3, 0.4) is 0 Å². The van der Waals surface area contributed by atoms with Crippen molar-refractivity contribution < 1.29 is 17.9 Å². The van der Waals surface area contributed by atoms with Crippen molar-refractivity contribution in [2.45, 2.75) is 38.6 Å². The zero-order valence-corrected chi connectivity index (χ0v) is 22.6. The topological polar surface area (TPSA) is 109 Å². The molecule has 0 saturated carbocycles. The van der Waals surface area contributed by atoms with Crippen molar-refractivity contribution in [2.24, 2.45) is 0 Å². The van der Waals surface area contributed by atoms with Crippen LogP contribution in [0.1, 0.15) is 53.5 Å². The van der Waals surface area contributed by atoms with E-state index in [-0.39, 0.29) is 23.2 Å². The van der Waals surface area contributed by atoms with Gasteiger partial charge < -0.3 is 14.5 Å². The minimum Gasteiger partial charge on any atom is -0.378 e. The third-order valence-corrected chi connectivity index (χ3v) is 7.58. The van der Waals surface area contributed by atoms with E-state index in [1.807, 2.05) is 23.6 Å². The molecule has 0 radical (unpaired) electrons. The van der Waals surface area contributed by atoms with Gasteiger partial charge in [0.2, 0.25) is 10.0 Å². The highest BCUT2D eigenvalue weighted by atomic mass is 35.5. The summed E-state index contributed by atoms with van der Waals surface area (Å²) >= 11 is 6.23. The molecule has 3 aromatic rings. The molecule has 0 bridgehead atoms. The molecule has 198 valence electrons. The number of ether oxygens (including phenoxy) is 1. The predicted octanol–water partition coefficient (Wildman–Crippen LogP) is 3.66. The first-order valence-corrected chi connectivity index (χ1v) is 14.7. The number of aromatic nitrogens is 3. The second kappa shape index (κ2) is 10.5. The van der Waals surface area contributed by atoms with Crippen LogP contribution < -0.4 is 9.62 Å². The van der Waals surface area contributed by atoms with Gasteiger partial charge >= 0.3 is 0 Å². The number of aryl methyl sites for hydroxylation is 1. The zero-order chi connectivity index (χ0) is 26.2. The van der Waals surface area contributed by atoms with E-state index < -0.39 is 10.0 Å². The fourth-order valence-corrected chi connectivity index (χ4v) is 5.82. The van der Waals surface area contributed by atoms with Gasteiger partial charge in [-0.2, -0.15) is 9.61 Å². The first-order chi connectivity index (χ1) is 17.7. The molecule has 2 aromatic heterocycles. The van der Waals surface area contributed by atoms with Gasteiger partial charge in [-0.3, -0.25) is 9.52 Å². The molecule has 1 amide bonds. The fraction of sp³-hybridized carbons (Fsp3) is 0.480. The molecule has 1 unspecified atom stereocenters. The largest absolute Gasteiger partial charge is 0.378 e. The molecule has 0 aliphatic carbocycles. The summed E-state index contributed by atoms with van der Waals surface area (Å²) in [6, 6.07) is 8.32. The number of halogens is 1. The Morgan fingerprint density at radius 2 is 1.89 bits per heavy atom. The molecule has 12 heteroatoms. The minimum atomic E-state index is -3.59. The number of hydrogen-bond donors (Lipinski definition) is 1. The van der Waals surface area contributed by atoms with Gasteiger partial charge in [-0.05, 0) is 38.0 Å². The lowest BCUT2D eigenvalue weighted by Crippen LogP contribution is -2.37. The SMILES string of the molecule is Cc1cc(N2CCOCC2)n2nc(C3CCCCCN3C(=O)c3cc(Cl)ccc3NS(C)(=O)=O)cc2n1. The van der Waals surface area contributed by atoms with Crippen LogP contribution in [-0.2, 0) is 14.8 Å². The van der Waals surface area contributed by atoms with E-state index in [0.29, 0.717) is 24.8 Å². The van der Waals surface area contributed by atoms with Crippen LogP contribution in [0.15, 0.2) is 30.3 Å². The number of benzene rings is 1. The van der Waals surface area contributed by atoms with E-state index >= 15 is 0 Å². The summed E-state index contributed by atoms with van der Waals surface area (Å²) < 4.78 is 33.8. The Labute approximate surface area is 221 Å². The van der Waals surface area contributed by atoms with Gasteiger partial charge in [0.1, 0.15) is 5.82 Å². The van der Waals surface area contributed by atoms with Gasteiger partial charge in [0.25, 0.3) is 5.91 Å². The van der Waals surface area contributed by atoms with Crippen molar-refractivity contribution in [3.63, 3.8) is 0 Å². The van der Waals surface area contributed by atoms with Gasteiger partial charge in [0.05, 0.1) is 42.5 Å². The first kappa shape index (κ1) is 25.7. The highest BCUT2D eigenvalue weighted by Crippen LogP contribution is 2.34. The Balaban J connectivity index is 1.55. The van der Waals surface area contributed by atoms with Crippen molar-refractivity contribution >= 4 is 44.7 Å². The van der Waals surface area contributed by atoms with E-state index in [1.54, 1.807) is 11.0 Å². The molecule has 10 nitrogen and oxygen atoms in total. The molecule has 37 heavy (non-hydrogen) atoms. The van der Waals surface area contributed by atoms with Crippen molar-refractivity contribution in [3.8, 4) is 0 Å². The Hall–Kier alpha value is -2.89. The van der Waals surface area contributed by atoms with Gasteiger partial charge in [-0.25, -0.2) is 13.4 Å². The molecule has 5 rings (SSSR count). The predicted molar refractivity (Wildman–Crippen MR) is 143 cm³/mol. The molecular formula is C25H31ClN6O4S. The van der Waals surface area contributed by atoms with Crippen LogP contribution in [0.5, 0.6) is 0 Å². The van der Waals surface area contributed by atoms with Gasteiger partial charge in [0, 0.05) is 42.5 Å². The quantitative estimate of drug-likeness (QED) is 0.520. The molecule has 2 aliphatic heterocycles. The second-order valence-electron chi connectivity index (χ2n) is 9.62. The molecule has 1 N–H and O–H groups in total. The number of nitrogens with zero attached hydrogens (tertiary/aromatic N) is 5.